The lowest BCUT2D eigenvalue weighted by molar-refractivity contribution is -0.130. The van der Waals surface area contributed by atoms with Crippen LogP contribution < -0.4 is 0 Å². The molecular weight excluding hydrogens is 412 g/mol. The summed E-state index contributed by atoms with van der Waals surface area (Å²) >= 11 is 0. The second-order valence-electron chi connectivity index (χ2n) is 8.76. The zero-order chi connectivity index (χ0) is 22.9. The standard InChI is InChI=1S/C24H35F2N5O/c1-19(25)8-9-21(26)17-23(32)30-11-4-5-20(10-12-30)18-28-24(27-2)31-15-13-29(14-16-31)22-6-3-7-22/h8-9,18,22H,2-7,10-17H2,1H3/b19-8+,20-18+,21-9+,28-24?. The van der Waals surface area contributed by atoms with Crippen LogP contribution in [0.5, 0.6) is 0 Å². The molecule has 0 atom stereocenters. The van der Waals surface area contributed by atoms with Crippen molar-refractivity contribution in [1.82, 2.24) is 14.7 Å². The van der Waals surface area contributed by atoms with Crippen molar-refractivity contribution < 1.29 is 13.6 Å². The van der Waals surface area contributed by atoms with Crippen LogP contribution in [0.4, 0.5) is 8.78 Å². The van der Waals surface area contributed by atoms with Crippen LogP contribution in [0.15, 0.2) is 45.6 Å². The maximum Gasteiger partial charge on any atom is 0.229 e. The van der Waals surface area contributed by atoms with Crippen LogP contribution in [0.1, 0.15) is 51.9 Å². The maximum atomic E-state index is 13.8. The van der Waals surface area contributed by atoms with E-state index in [2.05, 4.69) is 26.5 Å². The molecule has 32 heavy (non-hydrogen) atoms. The number of likely N-dealkylation sites (tertiary alicyclic amines) is 1. The van der Waals surface area contributed by atoms with Crippen LogP contribution in [0.3, 0.4) is 0 Å². The van der Waals surface area contributed by atoms with Gasteiger partial charge >= 0.3 is 0 Å². The second kappa shape index (κ2) is 12.0. The van der Waals surface area contributed by atoms with Crippen molar-refractivity contribution in [2.45, 2.75) is 57.9 Å². The number of rotatable bonds is 5. The lowest BCUT2D eigenvalue weighted by atomic mass is 9.91. The Hall–Kier alpha value is -2.35. The van der Waals surface area contributed by atoms with Gasteiger partial charge in [-0.1, -0.05) is 6.42 Å². The number of carbonyl (C=O) groups is 1. The Morgan fingerprint density at radius 2 is 1.78 bits per heavy atom. The van der Waals surface area contributed by atoms with Crippen LogP contribution in [0, 0.1) is 0 Å². The van der Waals surface area contributed by atoms with E-state index in [9.17, 15) is 13.6 Å². The smallest absolute Gasteiger partial charge is 0.229 e. The SMILES string of the molecule is C=NC(=N/C=C1\CCCN(C(=O)C/C(F)=C\C=C(/C)F)CC1)N1CCN(C2CCC2)CC1. The van der Waals surface area contributed by atoms with Crippen LogP contribution in [0.2, 0.25) is 0 Å². The minimum atomic E-state index is -0.629. The van der Waals surface area contributed by atoms with Gasteiger partial charge in [0.25, 0.3) is 0 Å². The molecule has 8 heteroatoms. The zero-order valence-electron chi connectivity index (χ0n) is 19.1. The van der Waals surface area contributed by atoms with Crippen molar-refractivity contribution in [2.75, 3.05) is 39.3 Å². The highest BCUT2D eigenvalue weighted by Crippen LogP contribution is 2.25. The van der Waals surface area contributed by atoms with Gasteiger partial charge < -0.3 is 9.80 Å². The van der Waals surface area contributed by atoms with Crippen LogP contribution in [-0.4, -0.2) is 78.6 Å². The van der Waals surface area contributed by atoms with E-state index in [1.54, 1.807) is 4.90 Å². The highest BCUT2D eigenvalue weighted by molar-refractivity contribution is 5.84. The number of halogens is 2. The molecule has 1 aliphatic carbocycles. The largest absolute Gasteiger partial charge is 0.342 e. The molecule has 0 aromatic heterocycles. The van der Waals surface area contributed by atoms with E-state index in [1.165, 1.54) is 26.2 Å². The Morgan fingerprint density at radius 3 is 2.41 bits per heavy atom. The number of guanidine groups is 1. The molecule has 176 valence electrons. The molecule has 3 rings (SSSR count). The van der Waals surface area contributed by atoms with Crippen LogP contribution in [-0.2, 0) is 4.79 Å². The third-order valence-corrected chi connectivity index (χ3v) is 6.49. The Kier molecular flexibility index (Phi) is 9.14. The van der Waals surface area contributed by atoms with Gasteiger partial charge in [0.2, 0.25) is 11.9 Å². The van der Waals surface area contributed by atoms with Gasteiger partial charge in [0.05, 0.1) is 12.2 Å². The third kappa shape index (κ3) is 7.08. The molecule has 0 spiro atoms. The molecule has 2 saturated heterocycles. The van der Waals surface area contributed by atoms with E-state index in [4.69, 9.17) is 0 Å². The Labute approximate surface area is 190 Å². The first-order valence-corrected chi connectivity index (χ1v) is 11.6. The predicted molar refractivity (Wildman–Crippen MR) is 125 cm³/mol. The summed E-state index contributed by atoms with van der Waals surface area (Å²) < 4.78 is 26.5. The average molecular weight is 448 g/mol. The summed E-state index contributed by atoms with van der Waals surface area (Å²) in [7, 11) is 0. The van der Waals surface area contributed by atoms with Crippen molar-refractivity contribution in [3.8, 4) is 0 Å². The number of hydrogen-bond acceptors (Lipinski definition) is 3. The van der Waals surface area contributed by atoms with Crippen LogP contribution >= 0.6 is 0 Å². The molecule has 0 unspecified atom stereocenters. The normalized spacial score (nSPS) is 23.8. The molecule has 2 aliphatic heterocycles. The number of amides is 1. The van der Waals surface area contributed by atoms with E-state index < -0.39 is 11.7 Å². The van der Waals surface area contributed by atoms with E-state index >= 15 is 0 Å². The fourth-order valence-electron chi connectivity index (χ4n) is 4.32. The number of nitrogens with zero attached hydrogens (tertiary/aromatic N) is 5. The molecular formula is C24H35F2N5O. The first-order valence-electron chi connectivity index (χ1n) is 11.6. The fourth-order valence-corrected chi connectivity index (χ4v) is 4.32. The molecule has 1 amide bonds. The molecule has 3 fully saturated rings. The quantitative estimate of drug-likeness (QED) is 0.360. The topological polar surface area (TPSA) is 51.5 Å². The minimum Gasteiger partial charge on any atom is -0.342 e. The van der Waals surface area contributed by atoms with Gasteiger partial charge in [-0.05, 0) is 63.5 Å². The van der Waals surface area contributed by atoms with Crippen molar-refractivity contribution in [2.24, 2.45) is 9.98 Å². The number of piperazine rings is 1. The van der Waals surface area contributed by atoms with Crippen molar-refractivity contribution >= 4 is 18.6 Å². The van der Waals surface area contributed by atoms with Gasteiger partial charge in [0, 0.05) is 51.5 Å². The van der Waals surface area contributed by atoms with Gasteiger partial charge in [-0.3, -0.25) is 9.69 Å². The molecule has 1 saturated carbocycles. The van der Waals surface area contributed by atoms with E-state index in [0.29, 0.717) is 25.5 Å². The zero-order valence-corrected chi connectivity index (χ0v) is 19.1. The summed E-state index contributed by atoms with van der Waals surface area (Å²) in [6, 6.07) is 0.765. The Morgan fingerprint density at radius 1 is 1.03 bits per heavy atom. The lowest BCUT2D eigenvalue weighted by Crippen LogP contribution is -2.53. The summed E-state index contributed by atoms with van der Waals surface area (Å²) in [6.07, 6.45) is 9.92. The highest BCUT2D eigenvalue weighted by Gasteiger charge is 2.28. The number of carbonyl (C=O) groups excluding carboxylic acids is 1. The molecule has 6 nitrogen and oxygen atoms in total. The van der Waals surface area contributed by atoms with Gasteiger partial charge in [0.15, 0.2) is 0 Å². The van der Waals surface area contributed by atoms with E-state index in [-0.39, 0.29) is 12.3 Å². The number of allylic oxidation sites excluding steroid dienone is 3. The van der Waals surface area contributed by atoms with E-state index in [1.807, 2.05) is 6.20 Å². The summed E-state index contributed by atoms with van der Waals surface area (Å²) in [6.45, 7) is 9.96. The molecule has 3 aliphatic rings. The first kappa shape index (κ1) is 24.3. The van der Waals surface area contributed by atoms with Crippen molar-refractivity contribution in [3.63, 3.8) is 0 Å². The lowest BCUT2D eigenvalue weighted by Gasteiger charge is -2.43. The van der Waals surface area contributed by atoms with Gasteiger partial charge in [-0.2, -0.15) is 0 Å². The van der Waals surface area contributed by atoms with Crippen molar-refractivity contribution in [1.29, 1.82) is 0 Å². The first-order chi connectivity index (χ1) is 15.5. The predicted octanol–water partition coefficient (Wildman–Crippen LogP) is 4.23. The number of hydrogen-bond donors (Lipinski definition) is 0. The number of aliphatic imine (C=N–C) groups is 2. The van der Waals surface area contributed by atoms with Gasteiger partial charge in [-0.15, -0.1) is 0 Å². The minimum absolute atomic E-state index is 0.272. The summed E-state index contributed by atoms with van der Waals surface area (Å²) in [4.78, 5) is 27.6. The third-order valence-electron chi connectivity index (χ3n) is 6.49. The van der Waals surface area contributed by atoms with Crippen molar-refractivity contribution in [3.05, 3.63) is 35.6 Å². The highest BCUT2D eigenvalue weighted by atomic mass is 19.1. The van der Waals surface area contributed by atoms with Crippen LogP contribution in [0.25, 0.3) is 0 Å². The van der Waals surface area contributed by atoms with E-state index in [0.717, 1.165) is 62.8 Å². The summed E-state index contributed by atoms with van der Waals surface area (Å²) in [5.41, 5.74) is 1.15. The molecule has 0 aromatic carbocycles. The van der Waals surface area contributed by atoms with Gasteiger partial charge in [0.1, 0.15) is 5.83 Å². The molecule has 0 radical (unpaired) electrons. The molecule has 0 N–H and O–H groups in total. The molecule has 0 aromatic rings. The second-order valence-corrected chi connectivity index (χ2v) is 8.76. The maximum absolute atomic E-state index is 13.8. The summed E-state index contributed by atoms with van der Waals surface area (Å²) in [5, 5.41) is 0. The fraction of sp³-hybridized carbons (Fsp3) is 0.625. The van der Waals surface area contributed by atoms with Gasteiger partial charge in [-0.25, -0.2) is 18.8 Å². The monoisotopic (exact) mass is 447 g/mol. The molecule has 0 bridgehead atoms. The Balaban J connectivity index is 1.51. The Bertz CT molecular complexity index is 788. The average Bonchev–Trinajstić information content (AvgIpc) is 2.98. The molecule has 2 heterocycles. The summed E-state index contributed by atoms with van der Waals surface area (Å²) in [5.74, 6) is -0.736.